The molecule has 0 unspecified atom stereocenters. The van der Waals surface area contributed by atoms with Gasteiger partial charge in [-0.1, -0.05) is 64.8 Å². The predicted molar refractivity (Wildman–Crippen MR) is 133 cm³/mol. The maximum Gasteiger partial charge on any atom is 0.243 e. The van der Waals surface area contributed by atoms with E-state index in [1.54, 1.807) is 16.2 Å². The molecule has 2 amide bonds. The zero-order chi connectivity index (χ0) is 24.2. The van der Waals surface area contributed by atoms with Crippen molar-refractivity contribution in [2.45, 2.75) is 79.0 Å². The zero-order valence-corrected chi connectivity index (χ0v) is 21.2. The average molecular weight is 472 g/mol. The Bertz CT molecular complexity index is 948. The molecule has 6 nitrogen and oxygen atoms in total. The molecule has 1 aromatic carbocycles. The number of carbonyl (C=O) groups is 2. The average Bonchev–Trinajstić information content (AvgIpc) is 3.37. The highest BCUT2D eigenvalue weighted by Gasteiger charge is 2.43. The van der Waals surface area contributed by atoms with E-state index in [9.17, 15) is 14.7 Å². The lowest BCUT2D eigenvalue weighted by Crippen LogP contribution is -2.49. The zero-order valence-electron chi connectivity index (χ0n) is 20.4. The van der Waals surface area contributed by atoms with Crippen molar-refractivity contribution in [3.8, 4) is 10.4 Å². The molecule has 1 fully saturated rings. The molecule has 3 atom stereocenters. The summed E-state index contributed by atoms with van der Waals surface area (Å²) < 4.78 is 0. The van der Waals surface area contributed by atoms with Crippen molar-refractivity contribution in [3.05, 3.63) is 41.0 Å². The van der Waals surface area contributed by atoms with Crippen molar-refractivity contribution in [1.82, 2.24) is 15.2 Å². The minimum Gasteiger partial charge on any atom is -0.391 e. The van der Waals surface area contributed by atoms with Crippen LogP contribution < -0.4 is 5.32 Å². The minimum atomic E-state index is -0.668. The third kappa shape index (κ3) is 6.21. The van der Waals surface area contributed by atoms with Gasteiger partial charge in [-0.3, -0.25) is 9.59 Å². The normalized spacial score (nSPS) is 19.5. The number of nitrogens with zero attached hydrogens (tertiary/aromatic N) is 2. The number of β-amino-alcohol motifs (C(OH)–C–C–N with tert-alkyl or cyclic N) is 1. The Morgan fingerprint density at radius 2 is 1.97 bits per heavy atom. The molecule has 0 saturated carbocycles. The first-order valence-electron chi connectivity index (χ1n) is 11.9. The Morgan fingerprint density at radius 1 is 1.27 bits per heavy atom. The summed E-state index contributed by atoms with van der Waals surface area (Å²) in [5.74, 6) is -0.386. The molecule has 180 valence electrons. The molecule has 2 N–H and O–H groups in total. The highest BCUT2D eigenvalue weighted by atomic mass is 32.1. The van der Waals surface area contributed by atoms with E-state index in [2.05, 4.69) is 38.0 Å². The van der Waals surface area contributed by atoms with Gasteiger partial charge >= 0.3 is 0 Å². The Balaban J connectivity index is 1.65. The van der Waals surface area contributed by atoms with Crippen LogP contribution in [0.2, 0.25) is 0 Å². The maximum absolute atomic E-state index is 13.4. The van der Waals surface area contributed by atoms with Gasteiger partial charge in [0.1, 0.15) is 6.04 Å². The number of benzene rings is 1. The van der Waals surface area contributed by atoms with Crippen LogP contribution >= 0.6 is 11.3 Å². The van der Waals surface area contributed by atoms with E-state index in [1.807, 2.05) is 36.7 Å². The van der Waals surface area contributed by atoms with Crippen molar-refractivity contribution < 1.29 is 14.7 Å². The van der Waals surface area contributed by atoms with Crippen molar-refractivity contribution in [1.29, 1.82) is 0 Å². The lowest BCUT2D eigenvalue weighted by molar-refractivity contribution is -0.145. The predicted octanol–water partition coefficient (Wildman–Crippen LogP) is 4.55. The second-order valence-electron chi connectivity index (χ2n) is 10.1. The van der Waals surface area contributed by atoms with Gasteiger partial charge in [0.05, 0.1) is 22.2 Å². The lowest BCUT2D eigenvalue weighted by Gasteiger charge is -2.35. The summed E-state index contributed by atoms with van der Waals surface area (Å²) >= 11 is 1.61. The molecular weight excluding hydrogens is 434 g/mol. The number of nitrogens with one attached hydrogen (secondary N) is 1. The fourth-order valence-corrected chi connectivity index (χ4v) is 5.31. The molecule has 0 bridgehead atoms. The molecular formula is C26H37N3O3S. The monoisotopic (exact) mass is 471 g/mol. The number of carbonyl (C=O) groups excluding carboxylic acids is 2. The molecule has 7 heteroatoms. The van der Waals surface area contributed by atoms with Crippen molar-refractivity contribution >= 4 is 23.2 Å². The van der Waals surface area contributed by atoms with E-state index in [0.717, 1.165) is 41.0 Å². The summed E-state index contributed by atoms with van der Waals surface area (Å²) in [6.45, 7) is 10.9. The van der Waals surface area contributed by atoms with Crippen LogP contribution in [0.15, 0.2) is 29.8 Å². The van der Waals surface area contributed by atoms with Gasteiger partial charge in [0, 0.05) is 25.4 Å². The van der Waals surface area contributed by atoms with Crippen molar-refractivity contribution in [2.24, 2.45) is 11.3 Å². The molecule has 1 aliphatic heterocycles. The minimum absolute atomic E-state index is 0.0167. The number of likely N-dealkylation sites (tertiary alicyclic amines) is 1. The number of thiazole rings is 1. The lowest BCUT2D eigenvalue weighted by atomic mass is 9.77. The van der Waals surface area contributed by atoms with E-state index < -0.39 is 12.1 Å². The van der Waals surface area contributed by atoms with E-state index in [4.69, 9.17) is 0 Å². The molecule has 1 aromatic heterocycles. The summed E-state index contributed by atoms with van der Waals surface area (Å²) in [7, 11) is 0. The van der Waals surface area contributed by atoms with Crippen LogP contribution in [0.4, 0.5) is 0 Å². The molecule has 2 heterocycles. The first kappa shape index (κ1) is 25.4. The topological polar surface area (TPSA) is 82.5 Å². The summed E-state index contributed by atoms with van der Waals surface area (Å²) in [6, 6.07) is 7.46. The van der Waals surface area contributed by atoms with Crippen LogP contribution in [0, 0.1) is 18.3 Å². The van der Waals surface area contributed by atoms with Crippen LogP contribution in [0.25, 0.3) is 10.4 Å². The Morgan fingerprint density at radius 3 is 2.55 bits per heavy atom. The first-order valence-corrected chi connectivity index (χ1v) is 12.8. The van der Waals surface area contributed by atoms with E-state index in [0.29, 0.717) is 6.54 Å². The van der Waals surface area contributed by atoms with Crippen LogP contribution in [0.1, 0.15) is 64.6 Å². The molecule has 3 rings (SSSR count). The smallest absolute Gasteiger partial charge is 0.243 e. The second kappa shape index (κ2) is 10.8. The number of aliphatic hydroxyl groups is 1. The van der Waals surface area contributed by atoms with Gasteiger partial charge in [-0.2, -0.15) is 0 Å². The second-order valence-corrected chi connectivity index (χ2v) is 11.0. The SMILES string of the molecule is CCCC[C@H](C(=O)N1C[C@H](O)C[C@H]1C(=O)NCc1ccc(-c2scnc2C)cc1)C(C)(C)C. The highest BCUT2D eigenvalue weighted by Crippen LogP contribution is 2.34. The number of aliphatic hydroxyl groups excluding tert-OH is 1. The van der Waals surface area contributed by atoms with Crippen LogP contribution in [0.3, 0.4) is 0 Å². The van der Waals surface area contributed by atoms with Crippen molar-refractivity contribution in [2.75, 3.05) is 6.54 Å². The van der Waals surface area contributed by atoms with E-state index in [-0.39, 0.29) is 36.1 Å². The maximum atomic E-state index is 13.4. The summed E-state index contributed by atoms with van der Waals surface area (Å²) in [6.07, 6.45) is 2.40. The number of rotatable bonds is 8. The van der Waals surface area contributed by atoms with Gasteiger partial charge in [0.15, 0.2) is 0 Å². The number of hydrogen-bond acceptors (Lipinski definition) is 5. The van der Waals surface area contributed by atoms with Gasteiger partial charge in [-0.25, -0.2) is 4.98 Å². The molecule has 1 saturated heterocycles. The van der Waals surface area contributed by atoms with Crippen LogP contribution in [0.5, 0.6) is 0 Å². The number of aryl methyl sites for hydroxylation is 1. The summed E-state index contributed by atoms with van der Waals surface area (Å²) in [4.78, 5) is 33.5. The van der Waals surface area contributed by atoms with Gasteiger partial charge in [0.25, 0.3) is 0 Å². The van der Waals surface area contributed by atoms with Gasteiger partial charge in [-0.05, 0) is 29.9 Å². The molecule has 0 aliphatic carbocycles. The standard InChI is InChI=1S/C26H37N3O3S/c1-6-7-8-21(26(3,4)5)25(32)29-15-20(30)13-22(29)24(31)27-14-18-9-11-19(12-10-18)23-17(2)28-16-33-23/h9-12,16,20-22,30H,6-8,13-15H2,1-5H3,(H,27,31)/t20-,21-,22+/m1/s1. The summed E-state index contributed by atoms with van der Waals surface area (Å²) in [5, 5.41) is 13.3. The Hall–Kier alpha value is -2.25. The third-order valence-electron chi connectivity index (χ3n) is 6.48. The van der Waals surface area contributed by atoms with Gasteiger partial charge < -0.3 is 15.3 Å². The molecule has 0 spiro atoms. The Labute approximate surface area is 201 Å². The van der Waals surface area contributed by atoms with Gasteiger partial charge in [-0.15, -0.1) is 11.3 Å². The largest absolute Gasteiger partial charge is 0.391 e. The first-order chi connectivity index (χ1) is 15.6. The van der Waals surface area contributed by atoms with Crippen LogP contribution in [-0.2, 0) is 16.1 Å². The Kier molecular flexibility index (Phi) is 8.29. The quantitative estimate of drug-likeness (QED) is 0.592. The third-order valence-corrected chi connectivity index (χ3v) is 7.46. The van der Waals surface area contributed by atoms with Gasteiger partial charge in [0.2, 0.25) is 11.8 Å². The molecule has 0 radical (unpaired) electrons. The van der Waals surface area contributed by atoms with E-state index >= 15 is 0 Å². The fraction of sp³-hybridized carbons (Fsp3) is 0.577. The number of aromatic nitrogens is 1. The molecule has 2 aromatic rings. The molecule has 33 heavy (non-hydrogen) atoms. The number of hydrogen-bond donors (Lipinski definition) is 2. The number of unbranched alkanes of at least 4 members (excludes halogenated alkanes) is 1. The van der Waals surface area contributed by atoms with Crippen molar-refractivity contribution in [3.63, 3.8) is 0 Å². The number of amides is 2. The fourth-order valence-electron chi connectivity index (χ4n) is 4.50. The van der Waals surface area contributed by atoms with Crippen LogP contribution in [-0.4, -0.2) is 45.5 Å². The summed E-state index contributed by atoms with van der Waals surface area (Å²) in [5.41, 5.74) is 4.76. The van der Waals surface area contributed by atoms with E-state index in [1.165, 1.54) is 0 Å². The highest BCUT2D eigenvalue weighted by molar-refractivity contribution is 7.13. The molecule has 1 aliphatic rings.